The standard InChI is InChI=1S/C34H50N2O2.C3H7N3O/c1-24(2)27-16-20-34(21-17-27)35-31(29-10-9-11-30(22-29)38-25(3)4)23-37-36(34)32(18-19-33(6,7)8)28-14-12-26(5)13-15-28;4-3(5)1-6-2-7/h9-15,22,24-25,27,32H,16-21,23H2,1-8H3;2H,1H2,(H3,4,5)(H,6,7). The summed E-state index contributed by atoms with van der Waals surface area (Å²) in [7, 11) is 0. The van der Waals surface area contributed by atoms with Crippen molar-refractivity contribution in [3.8, 4) is 5.75 Å². The third-order valence-electron chi connectivity index (χ3n) is 8.70. The molecule has 1 atom stereocenters. The van der Waals surface area contributed by atoms with Gasteiger partial charge in [0.25, 0.3) is 0 Å². The smallest absolute Gasteiger partial charge is 0.207 e. The van der Waals surface area contributed by atoms with Crippen LogP contribution in [0.4, 0.5) is 0 Å². The molecule has 2 aliphatic rings. The minimum atomic E-state index is -0.346. The van der Waals surface area contributed by atoms with Gasteiger partial charge in [-0.25, -0.2) is 0 Å². The number of amidine groups is 1. The molecule has 2 aromatic rings. The third-order valence-corrected chi connectivity index (χ3v) is 8.70. The summed E-state index contributed by atoms with van der Waals surface area (Å²) in [6.07, 6.45) is 7.24. The van der Waals surface area contributed by atoms with Gasteiger partial charge in [0, 0.05) is 5.56 Å². The number of nitrogens with two attached hydrogens (primary N) is 1. The van der Waals surface area contributed by atoms with Crippen LogP contribution >= 0.6 is 0 Å². The first kappa shape index (κ1) is 36.2. The van der Waals surface area contributed by atoms with E-state index < -0.39 is 0 Å². The summed E-state index contributed by atoms with van der Waals surface area (Å²) in [5.74, 6) is 2.31. The molecule has 0 bridgehead atoms. The van der Waals surface area contributed by atoms with Gasteiger partial charge in [-0.1, -0.05) is 76.6 Å². The van der Waals surface area contributed by atoms with E-state index in [-0.39, 0.29) is 35.6 Å². The summed E-state index contributed by atoms with van der Waals surface area (Å²) in [5.41, 5.74) is 9.52. The van der Waals surface area contributed by atoms with E-state index in [1.165, 1.54) is 24.0 Å². The monoisotopic (exact) mass is 619 g/mol. The van der Waals surface area contributed by atoms with Crippen LogP contribution in [0.15, 0.2) is 53.5 Å². The molecule has 1 spiro atoms. The van der Waals surface area contributed by atoms with Crippen LogP contribution in [-0.4, -0.2) is 47.9 Å². The Labute approximate surface area is 271 Å². The Kier molecular flexibility index (Phi) is 13.2. The fourth-order valence-electron chi connectivity index (χ4n) is 6.16. The minimum absolute atomic E-state index is 0.0351. The van der Waals surface area contributed by atoms with Gasteiger partial charge in [-0.15, -0.1) is 0 Å². The number of nitrogens with one attached hydrogen (secondary N) is 2. The van der Waals surface area contributed by atoms with Crippen LogP contribution in [0.1, 0.15) is 110 Å². The molecule has 1 amide bonds. The van der Waals surface area contributed by atoms with E-state index in [0.29, 0.717) is 18.9 Å². The summed E-state index contributed by atoms with van der Waals surface area (Å²) in [4.78, 5) is 21.9. The van der Waals surface area contributed by atoms with Gasteiger partial charge in [0.1, 0.15) is 23.9 Å². The van der Waals surface area contributed by atoms with Gasteiger partial charge in [0.15, 0.2) is 0 Å². The second-order valence-corrected chi connectivity index (χ2v) is 14.5. The summed E-state index contributed by atoms with van der Waals surface area (Å²) in [6, 6.07) is 17.6. The van der Waals surface area contributed by atoms with Crippen LogP contribution in [0.3, 0.4) is 0 Å². The lowest BCUT2D eigenvalue weighted by molar-refractivity contribution is -0.258. The molecule has 1 saturated carbocycles. The summed E-state index contributed by atoms with van der Waals surface area (Å²) >= 11 is 0. The average molecular weight is 620 g/mol. The molecule has 0 aromatic heterocycles. The molecule has 8 nitrogen and oxygen atoms in total. The van der Waals surface area contributed by atoms with Crippen molar-refractivity contribution >= 4 is 18.0 Å². The molecule has 1 fully saturated rings. The second kappa shape index (κ2) is 16.4. The van der Waals surface area contributed by atoms with Crippen molar-refractivity contribution in [2.24, 2.45) is 28.0 Å². The molecule has 45 heavy (non-hydrogen) atoms. The SMILES string of the molecule is Cc1ccc(C(CCC(C)(C)C)N2OCC(c3cccc(OC(C)C)c3)=NC23CCC(C(C)C)CC3)cc1.N=C(N)CNC=O. The number of nitrogens with zero attached hydrogens (tertiary/aromatic N) is 2. The van der Waals surface area contributed by atoms with Gasteiger partial charge >= 0.3 is 0 Å². The Morgan fingerprint density at radius 1 is 1.16 bits per heavy atom. The predicted octanol–water partition coefficient (Wildman–Crippen LogP) is 7.60. The number of aryl methyl sites for hydroxylation is 1. The lowest BCUT2D eigenvalue weighted by Crippen LogP contribution is -2.55. The van der Waals surface area contributed by atoms with E-state index in [1.807, 2.05) is 6.07 Å². The van der Waals surface area contributed by atoms with Crippen molar-refractivity contribution in [2.45, 2.75) is 112 Å². The largest absolute Gasteiger partial charge is 0.491 e. The Morgan fingerprint density at radius 3 is 2.36 bits per heavy atom. The van der Waals surface area contributed by atoms with E-state index >= 15 is 0 Å². The molecule has 8 heteroatoms. The molecular formula is C37H57N5O3. The lowest BCUT2D eigenvalue weighted by Gasteiger charge is -2.50. The number of hydroxylamine groups is 2. The van der Waals surface area contributed by atoms with Crippen molar-refractivity contribution in [1.29, 1.82) is 5.41 Å². The van der Waals surface area contributed by atoms with Gasteiger partial charge in [0.2, 0.25) is 6.41 Å². The number of benzene rings is 2. The van der Waals surface area contributed by atoms with Crippen molar-refractivity contribution < 1.29 is 14.4 Å². The van der Waals surface area contributed by atoms with Crippen molar-refractivity contribution in [3.05, 3.63) is 65.2 Å². The Hall–Kier alpha value is -3.23. The second-order valence-electron chi connectivity index (χ2n) is 14.5. The molecule has 4 N–H and O–H groups in total. The maximum atomic E-state index is 9.45. The predicted molar refractivity (Wildman–Crippen MR) is 185 cm³/mol. The number of ether oxygens (including phenoxy) is 1. The van der Waals surface area contributed by atoms with E-state index in [0.717, 1.165) is 48.6 Å². The molecular weight excluding hydrogens is 562 g/mol. The highest BCUT2D eigenvalue weighted by atomic mass is 16.7. The van der Waals surface area contributed by atoms with Crippen molar-refractivity contribution in [3.63, 3.8) is 0 Å². The fraction of sp³-hybridized carbons (Fsp3) is 0.595. The zero-order chi connectivity index (χ0) is 33.2. The fourth-order valence-corrected chi connectivity index (χ4v) is 6.16. The number of rotatable bonds is 11. The van der Waals surface area contributed by atoms with Gasteiger partial charge in [0.05, 0.1) is 24.4 Å². The molecule has 2 aromatic carbocycles. The summed E-state index contributed by atoms with van der Waals surface area (Å²) < 4.78 is 6.01. The first-order chi connectivity index (χ1) is 21.2. The van der Waals surface area contributed by atoms with Crippen LogP contribution in [-0.2, 0) is 9.63 Å². The Morgan fingerprint density at radius 2 is 1.82 bits per heavy atom. The molecule has 1 aliphatic carbocycles. The van der Waals surface area contributed by atoms with E-state index in [2.05, 4.69) is 108 Å². The van der Waals surface area contributed by atoms with Crippen LogP contribution in [0, 0.1) is 29.6 Å². The number of hydrogen-bond donors (Lipinski definition) is 3. The topological polar surface area (TPSA) is 113 Å². The first-order valence-corrected chi connectivity index (χ1v) is 16.6. The molecule has 1 heterocycles. The van der Waals surface area contributed by atoms with Crippen molar-refractivity contribution in [2.75, 3.05) is 13.2 Å². The molecule has 0 radical (unpaired) electrons. The van der Waals surface area contributed by atoms with Gasteiger partial charge in [-0.3, -0.25) is 20.0 Å². The molecule has 1 unspecified atom stereocenters. The highest BCUT2D eigenvalue weighted by Gasteiger charge is 2.47. The molecule has 248 valence electrons. The number of amides is 1. The minimum Gasteiger partial charge on any atom is -0.491 e. The number of aliphatic imine (C=N–C) groups is 1. The number of hydrogen-bond acceptors (Lipinski definition) is 6. The van der Waals surface area contributed by atoms with Crippen LogP contribution < -0.4 is 15.8 Å². The Balaban J connectivity index is 0.000000707. The first-order valence-electron chi connectivity index (χ1n) is 16.6. The molecule has 4 rings (SSSR count). The number of carbonyl (C=O) groups excluding carboxylic acids is 1. The summed E-state index contributed by atoms with van der Waals surface area (Å²) in [6.45, 7) is 18.7. The highest BCUT2D eigenvalue weighted by molar-refractivity contribution is 6.02. The summed E-state index contributed by atoms with van der Waals surface area (Å²) in [5, 5.41) is 11.1. The normalized spacial score (nSPS) is 21.1. The Bertz CT molecular complexity index is 1260. The van der Waals surface area contributed by atoms with E-state index in [4.69, 9.17) is 25.7 Å². The zero-order valence-electron chi connectivity index (χ0n) is 28.9. The van der Waals surface area contributed by atoms with Crippen LogP contribution in [0.25, 0.3) is 0 Å². The molecule has 0 saturated heterocycles. The zero-order valence-corrected chi connectivity index (χ0v) is 28.9. The maximum Gasteiger partial charge on any atom is 0.207 e. The molecule has 1 aliphatic heterocycles. The van der Waals surface area contributed by atoms with Crippen LogP contribution in [0.2, 0.25) is 0 Å². The lowest BCUT2D eigenvalue weighted by atomic mass is 9.75. The van der Waals surface area contributed by atoms with E-state index in [9.17, 15) is 4.79 Å². The van der Waals surface area contributed by atoms with Gasteiger partial charge < -0.3 is 15.8 Å². The number of carbonyl (C=O) groups is 1. The van der Waals surface area contributed by atoms with E-state index in [1.54, 1.807) is 0 Å². The van der Waals surface area contributed by atoms with Crippen molar-refractivity contribution in [1.82, 2.24) is 10.4 Å². The average Bonchev–Trinajstić information content (AvgIpc) is 2.97. The van der Waals surface area contributed by atoms with Gasteiger partial charge in [-0.2, -0.15) is 5.06 Å². The van der Waals surface area contributed by atoms with Gasteiger partial charge in [-0.05, 0) is 94.2 Å². The highest BCUT2D eigenvalue weighted by Crippen LogP contribution is 2.47. The van der Waals surface area contributed by atoms with Crippen LogP contribution in [0.5, 0.6) is 5.75 Å². The third kappa shape index (κ3) is 11.0. The maximum absolute atomic E-state index is 9.45. The quantitative estimate of drug-likeness (QED) is 0.136.